The van der Waals surface area contributed by atoms with Crippen LogP contribution >= 0.6 is 0 Å². The number of nitrogens with zero attached hydrogens (tertiary/aromatic N) is 3. The van der Waals surface area contributed by atoms with Crippen LogP contribution in [0.15, 0.2) is 47.5 Å². The van der Waals surface area contributed by atoms with Crippen molar-refractivity contribution in [3.8, 4) is 0 Å². The van der Waals surface area contributed by atoms with Gasteiger partial charge in [-0.3, -0.25) is 19.7 Å². The van der Waals surface area contributed by atoms with E-state index in [1.54, 1.807) is 29.1 Å². The highest BCUT2D eigenvalue weighted by Gasteiger charge is 2.16. The Hall–Kier alpha value is -3.52. The van der Waals surface area contributed by atoms with E-state index in [4.69, 9.17) is 5.73 Å². The molecule has 4 N–H and O–H groups in total. The molecule has 8 nitrogen and oxygen atoms in total. The van der Waals surface area contributed by atoms with Crippen molar-refractivity contribution in [3.63, 3.8) is 0 Å². The summed E-state index contributed by atoms with van der Waals surface area (Å²) in [7, 11) is 0. The molecule has 160 valence electrons. The second kappa shape index (κ2) is 9.09. The Morgan fingerprint density at radius 2 is 2.00 bits per heavy atom. The van der Waals surface area contributed by atoms with Crippen LogP contribution in [0.3, 0.4) is 0 Å². The molecule has 0 aliphatic heterocycles. The number of rotatable bonds is 8. The smallest absolute Gasteiger partial charge is 0.262 e. The van der Waals surface area contributed by atoms with E-state index in [2.05, 4.69) is 26.6 Å². The van der Waals surface area contributed by atoms with Crippen molar-refractivity contribution >= 4 is 27.7 Å². The number of hydrogen-bond donors (Lipinski definition) is 3. The van der Waals surface area contributed by atoms with Crippen molar-refractivity contribution < 1.29 is 4.79 Å². The molecule has 0 bridgehead atoms. The van der Waals surface area contributed by atoms with Crippen LogP contribution in [0.25, 0.3) is 21.8 Å². The fourth-order valence-corrected chi connectivity index (χ4v) is 3.87. The summed E-state index contributed by atoms with van der Waals surface area (Å²) < 4.78 is 1.78. The first-order chi connectivity index (χ1) is 15.1. The second-order valence-electron chi connectivity index (χ2n) is 7.62. The zero-order valence-electron chi connectivity index (χ0n) is 17.5. The lowest BCUT2D eigenvalue weighted by molar-refractivity contribution is 0.0952. The van der Waals surface area contributed by atoms with Gasteiger partial charge in [0.25, 0.3) is 11.5 Å². The minimum Gasteiger partial charge on any atom is -0.352 e. The highest BCUT2D eigenvalue weighted by Crippen LogP contribution is 2.24. The monoisotopic (exact) mass is 418 g/mol. The second-order valence-corrected chi connectivity index (χ2v) is 7.62. The molecule has 8 heteroatoms. The van der Waals surface area contributed by atoms with Gasteiger partial charge in [-0.15, -0.1) is 0 Å². The number of nitrogens with two attached hydrogens (primary N) is 1. The van der Waals surface area contributed by atoms with Gasteiger partial charge in [0.05, 0.1) is 10.9 Å². The molecule has 0 saturated carbocycles. The van der Waals surface area contributed by atoms with E-state index in [0.29, 0.717) is 42.5 Å². The SMILES string of the molecule is Cc1[nH]nc2c1c(=O)n(CCCNC(=O)c1ccncc1)c1ccc(CCCN)cc21. The average molecular weight is 419 g/mol. The van der Waals surface area contributed by atoms with Gasteiger partial charge in [0.15, 0.2) is 0 Å². The van der Waals surface area contributed by atoms with Crippen LogP contribution < -0.4 is 16.6 Å². The van der Waals surface area contributed by atoms with Gasteiger partial charge in [-0.2, -0.15) is 5.10 Å². The first-order valence-electron chi connectivity index (χ1n) is 10.5. The molecule has 0 spiro atoms. The molecular formula is C23H26N6O2. The van der Waals surface area contributed by atoms with E-state index < -0.39 is 0 Å². The number of pyridine rings is 2. The van der Waals surface area contributed by atoms with Crippen molar-refractivity contribution in [3.05, 3.63) is 69.9 Å². The van der Waals surface area contributed by atoms with Gasteiger partial charge in [0.2, 0.25) is 0 Å². The van der Waals surface area contributed by atoms with Crippen LogP contribution in [-0.2, 0) is 13.0 Å². The first-order valence-corrected chi connectivity index (χ1v) is 10.5. The van der Waals surface area contributed by atoms with Gasteiger partial charge < -0.3 is 15.6 Å². The minimum atomic E-state index is -0.148. The minimum absolute atomic E-state index is 0.0658. The summed E-state index contributed by atoms with van der Waals surface area (Å²) in [5.41, 5.74) is 9.64. The zero-order chi connectivity index (χ0) is 21.8. The quantitative estimate of drug-likeness (QED) is 0.379. The molecule has 3 aromatic heterocycles. The molecule has 1 aromatic carbocycles. The maximum absolute atomic E-state index is 13.2. The molecular weight excluding hydrogens is 392 g/mol. The van der Waals surface area contributed by atoms with Gasteiger partial charge in [-0.05, 0) is 62.6 Å². The highest BCUT2D eigenvalue weighted by molar-refractivity contribution is 6.04. The Morgan fingerprint density at radius 3 is 2.77 bits per heavy atom. The van der Waals surface area contributed by atoms with Crippen molar-refractivity contribution in [1.29, 1.82) is 0 Å². The standard InChI is InChI=1S/C23H26N6O2/c1-15-20-21(28-27-15)18-14-16(4-2-9-24)5-6-19(18)29(23(20)31)13-3-10-26-22(30)17-7-11-25-12-8-17/h5-8,11-12,14H,2-4,9-10,13,24H2,1H3,(H,26,30)(H,27,28). The Labute approximate surface area is 179 Å². The summed E-state index contributed by atoms with van der Waals surface area (Å²) in [6.07, 6.45) is 5.60. The van der Waals surface area contributed by atoms with Crippen LogP contribution in [-0.4, -0.2) is 38.7 Å². The summed E-state index contributed by atoms with van der Waals surface area (Å²) in [5, 5.41) is 11.8. The van der Waals surface area contributed by atoms with E-state index >= 15 is 0 Å². The van der Waals surface area contributed by atoms with Crippen LogP contribution in [0.5, 0.6) is 0 Å². The molecule has 0 saturated heterocycles. The van der Waals surface area contributed by atoms with Crippen LogP contribution in [0.2, 0.25) is 0 Å². The largest absolute Gasteiger partial charge is 0.352 e. The zero-order valence-corrected chi connectivity index (χ0v) is 17.5. The van der Waals surface area contributed by atoms with Gasteiger partial charge in [0.1, 0.15) is 5.52 Å². The van der Waals surface area contributed by atoms with Crippen LogP contribution in [0, 0.1) is 6.92 Å². The van der Waals surface area contributed by atoms with E-state index in [1.807, 2.05) is 19.1 Å². The Balaban J connectivity index is 1.60. The molecule has 0 aliphatic rings. The molecule has 4 aromatic rings. The molecule has 3 heterocycles. The van der Waals surface area contributed by atoms with Gasteiger partial charge >= 0.3 is 0 Å². The number of benzene rings is 1. The number of aryl methyl sites for hydroxylation is 3. The molecule has 1 amide bonds. The molecule has 0 fully saturated rings. The maximum Gasteiger partial charge on any atom is 0.262 e. The Kier molecular flexibility index (Phi) is 6.08. The third-order valence-corrected chi connectivity index (χ3v) is 5.47. The van der Waals surface area contributed by atoms with E-state index in [1.165, 1.54) is 5.56 Å². The number of carbonyl (C=O) groups is 1. The number of hydrogen-bond acceptors (Lipinski definition) is 5. The summed E-state index contributed by atoms with van der Waals surface area (Å²) in [6, 6.07) is 9.48. The van der Waals surface area contributed by atoms with E-state index in [0.717, 1.165) is 29.4 Å². The molecule has 0 radical (unpaired) electrons. The van der Waals surface area contributed by atoms with E-state index in [9.17, 15) is 9.59 Å². The number of carbonyl (C=O) groups excluding carboxylic acids is 1. The first kappa shape index (κ1) is 20.7. The van der Waals surface area contributed by atoms with Gasteiger partial charge in [-0.25, -0.2) is 0 Å². The molecule has 0 atom stereocenters. The molecule has 0 unspecified atom stereocenters. The fraction of sp³-hybridized carbons (Fsp3) is 0.304. The lowest BCUT2D eigenvalue weighted by atomic mass is 10.0. The molecule has 4 rings (SSSR count). The Morgan fingerprint density at radius 1 is 1.19 bits per heavy atom. The average Bonchev–Trinajstić information content (AvgIpc) is 3.19. The summed E-state index contributed by atoms with van der Waals surface area (Å²) in [4.78, 5) is 29.4. The number of H-pyrrole nitrogens is 1. The van der Waals surface area contributed by atoms with Crippen molar-refractivity contribution in [1.82, 2.24) is 25.1 Å². The lowest BCUT2D eigenvalue weighted by Crippen LogP contribution is -2.27. The van der Waals surface area contributed by atoms with Crippen molar-refractivity contribution in [2.45, 2.75) is 32.7 Å². The third kappa shape index (κ3) is 4.20. The number of aromatic amines is 1. The van der Waals surface area contributed by atoms with Gasteiger partial charge in [0, 0.05) is 42.1 Å². The number of fused-ring (bicyclic) bond motifs is 3. The van der Waals surface area contributed by atoms with Crippen LogP contribution in [0.1, 0.15) is 34.5 Å². The number of amides is 1. The molecule has 0 aliphatic carbocycles. The third-order valence-electron chi connectivity index (χ3n) is 5.47. The molecule has 31 heavy (non-hydrogen) atoms. The maximum atomic E-state index is 13.2. The summed E-state index contributed by atoms with van der Waals surface area (Å²) >= 11 is 0. The van der Waals surface area contributed by atoms with Gasteiger partial charge in [-0.1, -0.05) is 6.07 Å². The van der Waals surface area contributed by atoms with Crippen molar-refractivity contribution in [2.24, 2.45) is 5.73 Å². The van der Waals surface area contributed by atoms with E-state index in [-0.39, 0.29) is 11.5 Å². The van der Waals surface area contributed by atoms with Crippen molar-refractivity contribution in [2.75, 3.05) is 13.1 Å². The predicted molar refractivity (Wildman–Crippen MR) is 121 cm³/mol. The Bertz CT molecular complexity index is 1280. The fourth-order valence-electron chi connectivity index (χ4n) is 3.87. The predicted octanol–water partition coefficient (Wildman–Crippen LogP) is 2.29. The highest BCUT2D eigenvalue weighted by atomic mass is 16.1. The summed E-state index contributed by atoms with van der Waals surface area (Å²) in [5.74, 6) is -0.148. The number of nitrogens with one attached hydrogen (secondary N) is 2. The lowest BCUT2D eigenvalue weighted by Gasteiger charge is -2.13. The normalized spacial score (nSPS) is 11.3. The van der Waals surface area contributed by atoms with Crippen LogP contribution in [0.4, 0.5) is 0 Å². The topological polar surface area (TPSA) is 119 Å². The number of aromatic nitrogens is 4. The summed E-state index contributed by atoms with van der Waals surface area (Å²) in [6.45, 7) is 3.46.